The van der Waals surface area contributed by atoms with E-state index in [1.807, 2.05) is 0 Å². The van der Waals surface area contributed by atoms with Crippen molar-refractivity contribution in [1.29, 1.82) is 0 Å². The third kappa shape index (κ3) is 1.23. The van der Waals surface area contributed by atoms with Crippen LogP contribution in [0.15, 0.2) is 4.42 Å². The van der Waals surface area contributed by atoms with Gasteiger partial charge < -0.3 is 10.2 Å². The van der Waals surface area contributed by atoms with E-state index in [-0.39, 0.29) is 0 Å². The van der Waals surface area contributed by atoms with Crippen LogP contribution in [0.2, 0.25) is 5.22 Å². The highest BCUT2D eigenvalue weighted by atomic mass is 35.5. The fraction of sp³-hybridized carbons (Fsp3) is 0.400. The van der Waals surface area contributed by atoms with Crippen LogP contribution in [0.1, 0.15) is 11.6 Å². The van der Waals surface area contributed by atoms with Crippen LogP contribution in [0.25, 0.3) is 0 Å². The summed E-state index contributed by atoms with van der Waals surface area (Å²) in [6.45, 7) is 2.06. The van der Waals surface area contributed by atoms with Crippen molar-refractivity contribution >= 4 is 11.6 Å². The molecule has 0 saturated heterocycles. The van der Waals surface area contributed by atoms with Gasteiger partial charge in [-0.2, -0.15) is 0 Å². The van der Waals surface area contributed by atoms with Crippen molar-refractivity contribution < 1.29 is 4.42 Å². The predicted octanol–water partition coefficient (Wildman–Crippen LogP) is 1.10. The summed E-state index contributed by atoms with van der Waals surface area (Å²) in [4.78, 5) is 3.91. The van der Waals surface area contributed by atoms with Gasteiger partial charge >= 0.3 is 0 Å². The number of hydrogen-bond donors (Lipinski definition) is 1. The first-order valence-corrected chi connectivity index (χ1v) is 2.93. The largest absolute Gasteiger partial charge is 0.429 e. The van der Waals surface area contributed by atoms with E-state index < -0.39 is 0 Å². The normalized spacial score (nSPS) is 10.1. The number of aromatic nitrogens is 1. The summed E-state index contributed by atoms with van der Waals surface area (Å²) < 4.78 is 4.88. The molecule has 0 fully saturated rings. The quantitative estimate of drug-likeness (QED) is 0.646. The molecule has 50 valence electrons. The first-order chi connectivity index (χ1) is 4.24. The molecule has 9 heavy (non-hydrogen) atoms. The van der Waals surface area contributed by atoms with Gasteiger partial charge in [0, 0.05) is 13.5 Å². The Bertz CT molecular complexity index is 209. The summed E-state index contributed by atoms with van der Waals surface area (Å²) in [6.07, 6.45) is 0. The molecule has 4 heteroatoms. The second-order valence-corrected chi connectivity index (χ2v) is 2.00. The predicted molar refractivity (Wildman–Crippen MR) is 34.1 cm³/mol. The van der Waals surface area contributed by atoms with E-state index in [0.717, 1.165) is 0 Å². The van der Waals surface area contributed by atoms with Crippen LogP contribution in [-0.2, 0) is 6.54 Å². The van der Waals surface area contributed by atoms with Gasteiger partial charge in [0.25, 0.3) is 0 Å². The molecule has 3 nitrogen and oxygen atoms in total. The zero-order valence-corrected chi connectivity index (χ0v) is 5.77. The fourth-order valence-corrected chi connectivity index (χ4v) is 0.802. The maximum absolute atomic E-state index is 5.54. The Morgan fingerprint density at radius 1 is 1.78 bits per heavy atom. The van der Waals surface area contributed by atoms with Crippen molar-refractivity contribution in [3.63, 3.8) is 0 Å². The smallest absolute Gasteiger partial charge is 0.218 e. The van der Waals surface area contributed by atoms with Crippen molar-refractivity contribution in [2.75, 3.05) is 0 Å². The molecule has 0 unspecified atom stereocenters. The topological polar surface area (TPSA) is 52.0 Å². The van der Waals surface area contributed by atoms with Gasteiger partial charge in [-0.05, 0) is 11.6 Å². The summed E-state index contributed by atoms with van der Waals surface area (Å²) in [7, 11) is 0. The highest BCUT2D eigenvalue weighted by Gasteiger charge is 2.04. The van der Waals surface area contributed by atoms with E-state index in [1.165, 1.54) is 0 Å². The summed E-state index contributed by atoms with van der Waals surface area (Å²) in [5.74, 6) is 0.556. The number of oxazole rings is 1. The number of nitrogens with two attached hydrogens (primary N) is 1. The molecule has 1 aromatic heterocycles. The lowest BCUT2D eigenvalue weighted by atomic mass is 10.5. The zero-order chi connectivity index (χ0) is 6.85. The summed E-state index contributed by atoms with van der Waals surface area (Å²) in [5, 5.41) is 0.301. The van der Waals surface area contributed by atoms with Crippen molar-refractivity contribution in [3.05, 3.63) is 16.8 Å². The van der Waals surface area contributed by atoms with E-state index in [1.54, 1.807) is 6.92 Å². The van der Waals surface area contributed by atoms with E-state index in [4.69, 9.17) is 21.8 Å². The lowest BCUT2D eigenvalue weighted by Gasteiger charge is -1.82. The summed E-state index contributed by atoms with van der Waals surface area (Å²) in [6, 6.07) is 0. The molecule has 0 bridgehead atoms. The fourth-order valence-electron chi connectivity index (χ4n) is 0.571. The lowest BCUT2D eigenvalue weighted by molar-refractivity contribution is 0.522. The van der Waals surface area contributed by atoms with Gasteiger partial charge in [-0.15, -0.1) is 0 Å². The van der Waals surface area contributed by atoms with Crippen molar-refractivity contribution in [1.82, 2.24) is 4.98 Å². The maximum Gasteiger partial charge on any atom is 0.218 e. The minimum Gasteiger partial charge on any atom is -0.429 e. The highest BCUT2D eigenvalue weighted by Crippen LogP contribution is 2.15. The molecule has 1 rings (SSSR count). The molecular formula is C5H7ClN2O. The van der Waals surface area contributed by atoms with Gasteiger partial charge in [0.1, 0.15) is 5.69 Å². The van der Waals surface area contributed by atoms with Gasteiger partial charge in [0.15, 0.2) is 5.89 Å². The maximum atomic E-state index is 5.54. The zero-order valence-electron chi connectivity index (χ0n) is 5.02. The van der Waals surface area contributed by atoms with Crippen LogP contribution in [0, 0.1) is 6.92 Å². The number of hydrogen-bond acceptors (Lipinski definition) is 3. The standard InChI is InChI=1S/C5H7ClN2O/c1-3-8-4(2-7)5(6)9-3/h2,7H2,1H3. The molecule has 0 saturated carbocycles. The van der Waals surface area contributed by atoms with Crippen molar-refractivity contribution in [3.8, 4) is 0 Å². The van der Waals surface area contributed by atoms with Crippen molar-refractivity contribution in [2.24, 2.45) is 5.73 Å². The third-order valence-corrected chi connectivity index (χ3v) is 1.25. The van der Waals surface area contributed by atoms with Gasteiger partial charge in [0.05, 0.1) is 0 Å². The monoisotopic (exact) mass is 146 g/mol. The van der Waals surface area contributed by atoms with Gasteiger partial charge in [0.2, 0.25) is 5.22 Å². The molecule has 2 N–H and O–H groups in total. The number of nitrogens with zero attached hydrogens (tertiary/aromatic N) is 1. The van der Waals surface area contributed by atoms with Gasteiger partial charge in [-0.1, -0.05) is 0 Å². The number of rotatable bonds is 1. The molecule has 1 aromatic rings. The van der Waals surface area contributed by atoms with Crippen LogP contribution in [0.3, 0.4) is 0 Å². The van der Waals surface area contributed by atoms with E-state index in [9.17, 15) is 0 Å². The first kappa shape index (κ1) is 6.58. The van der Waals surface area contributed by atoms with Crippen molar-refractivity contribution in [2.45, 2.75) is 13.5 Å². The van der Waals surface area contributed by atoms with E-state index >= 15 is 0 Å². The Balaban J connectivity index is 3.01. The Morgan fingerprint density at radius 3 is 2.67 bits per heavy atom. The third-order valence-electron chi connectivity index (χ3n) is 0.950. The van der Waals surface area contributed by atoms with Crippen LogP contribution in [0.4, 0.5) is 0 Å². The van der Waals surface area contributed by atoms with Crippen LogP contribution < -0.4 is 5.73 Å². The molecule has 0 amide bonds. The molecule has 0 spiro atoms. The lowest BCUT2D eigenvalue weighted by Crippen LogP contribution is -1.96. The Kier molecular flexibility index (Phi) is 1.73. The van der Waals surface area contributed by atoms with Gasteiger partial charge in [-0.3, -0.25) is 0 Å². The van der Waals surface area contributed by atoms with Crippen LogP contribution >= 0.6 is 11.6 Å². The highest BCUT2D eigenvalue weighted by molar-refractivity contribution is 6.29. The first-order valence-electron chi connectivity index (χ1n) is 2.56. The number of aryl methyl sites for hydroxylation is 1. The van der Waals surface area contributed by atoms with E-state index in [2.05, 4.69) is 4.98 Å². The summed E-state index contributed by atoms with van der Waals surface area (Å²) in [5.41, 5.74) is 5.88. The van der Waals surface area contributed by atoms with Crippen LogP contribution in [-0.4, -0.2) is 4.98 Å². The summed E-state index contributed by atoms with van der Waals surface area (Å²) >= 11 is 5.54. The average molecular weight is 147 g/mol. The average Bonchev–Trinajstić information content (AvgIpc) is 2.10. The van der Waals surface area contributed by atoms with Crippen LogP contribution in [0.5, 0.6) is 0 Å². The Labute approximate surface area is 57.8 Å². The SMILES string of the molecule is Cc1nc(CN)c(Cl)o1. The molecule has 0 aliphatic rings. The molecule has 0 radical (unpaired) electrons. The number of halogens is 1. The van der Waals surface area contributed by atoms with E-state index in [0.29, 0.717) is 23.3 Å². The minimum atomic E-state index is 0.301. The Hall–Kier alpha value is -0.540. The molecule has 0 aliphatic carbocycles. The molecule has 1 heterocycles. The second kappa shape index (κ2) is 2.37. The minimum absolute atomic E-state index is 0.301. The molecule has 0 atom stereocenters. The van der Waals surface area contributed by atoms with Gasteiger partial charge in [-0.25, -0.2) is 4.98 Å². The second-order valence-electron chi connectivity index (χ2n) is 1.66. The Morgan fingerprint density at radius 2 is 2.44 bits per heavy atom. The molecule has 0 aromatic carbocycles. The molecule has 0 aliphatic heterocycles. The molecular weight excluding hydrogens is 140 g/mol.